The maximum Gasteiger partial charge on any atom is 0.303 e. The highest BCUT2D eigenvalue weighted by molar-refractivity contribution is 5.92. The van der Waals surface area contributed by atoms with Crippen LogP contribution in [0.1, 0.15) is 33.6 Å². The average Bonchev–Trinajstić information content (AvgIpc) is 2.12. The van der Waals surface area contributed by atoms with Crippen LogP contribution >= 0.6 is 0 Å². The van der Waals surface area contributed by atoms with Crippen molar-refractivity contribution in [2.45, 2.75) is 39.2 Å². The number of nitrogens with one attached hydrogen (secondary N) is 1. The highest BCUT2D eigenvalue weighted by Gasteiger charge is 2.30. The molecular formula is C14H27N2O3+. The third-order valence-corrected chi connectivity index (χ3v) is 2.82. The minimum atomic E-state index is -0.769. The van der Waals surface area contributed by atoms with E-state index >= 15 is 0 Å². The van der Waals surface area contributed by atoms with E-state index in [4.69, 9.17) is 5.11 Å². The molecule has 0 aliphatic rings. The van der Waals surface area contributed by atoms with Crippen molar-refractivity contribution >= 4 is 11.9 Å². The summed E-state index contributed by atoms with van der Waals surface area (Å²) in [6.45, 7) is 10.7. The Morgan fingerprint density at radius 2 is 1.84 bits per heavy atom. The molecular weight excluding hydrogens is 244 g/mol. The van der Waals surface area contributed by atoms with Crippen LogP contribution < -0.4 is 5.32 Å². The van der Waals surface area contributed by atoms with Gasteiger partial charge < -0.3 is 14.9 Å². The van der Waals surface area contributed by atoms with E-state index in [1.54, 1.807) is 6.92 Å². The minimum Gasteiger partial charge on any atom is -0.481 e. The van der Waals surface area contributed by atoms with Crippen LogP contribution in [0.3, 0.4) is 0 Å². The molecule has 5 heteroatoms. The molecule has 2 N–H and O–H groups in total. The van der Waals surface area contributed by atoms with Crippen molar-refractivity contribution in [2.24, 2.45) is 0 Å². The second-order valence-corrected chi connectivity index (χ2v) is 6.43. The molecule has 0 radical (unpaired) electrons. The number of rotatable bonds is 8. The van der Waals surface area contributed by atoms with Gasteiger partial charge in [-0.3, -0.25) is 9.59 Å². The van der Waals surface area contributed by atoms with E-state index < -0.39 is 5.97 Å². The lowest BCUT2D eigenvalue weighted by atomic mass is 10.0. The summed E-state index contributed by atoms with van der Waals surface area (Å²) in [6.07, 6.45) is 0.813. The lowest BCUT2D eigenvalue weighted by Gasteiger charge is -2.38. The van der Waals surface area contributed by atoms with Gasteiger partial charge in [0, 0.05) is 12.0 Å². The Labute approximate surface area is 115 Å². The van der Waals surface area contributed by atoms with Crippen molar-refractivity contribution in [3.63, 3.8) is 0 Å². The molecule has 0 aromatic carbocycles. The van der Waals surface area contributed by atoms with E-state index in [2.05, 4.69) is 11.9 Å². The van der Waals surface area contributed by atoms with Crippen LogP contribution in [0.25, 0.3) is 0 Å². The van der Waals surface area contributed by atoms with E-state index in [0.717, 1.165) is 13.1 Å². The Balaban J connectivity index is 4.40. The van der Waals surface area contributed by atoms with Gasteiger partial charge in [-0.2, -0.15) is 0 Å². The molecule has 0 aliphatic heterocycles. The summed E-state index contributed by atoms with van der Waals surface area (Å²) in [5.41, 5.74) is 0.132. The van der Waals surface area contributed by atoms with Crippen LogP contribution in [0.5, 0.6) is 0 Å². The molecule has 0 bridgehead atoms. The van der Waals surface area contributed by atoms with Gasteiger partial charge in [0.15, 0.2) is 0 Å². The maximum atomic E-state index is 11.7. The fraction of sp³-hybridized carbons (Fsp3) is 0.714. The van der Waals surface area contributed by atoms with Crippen LogP contribution in [-0.4, -0.2) is 54.2 Å². The smallest absolute Gasteiger partial charge is 0.303 e. The fourth-order valence-electron chi connectivity index (χ4n) is 2.26. The first-order chi connectivity index (χ1) is 8.45. The van der Waals surface area contributed by atoms with Gasteiger partial charge >= 0.3 is 5.97 Å². The van der Waals surface area contributed by atoms with Crippen LogP contribution in [0, 0.1) is 0 Å². The number of hydrogen-bond donors (Lipinski definition) is 2. The summed E-state index contributed by atoms with van der Waals surface area (Å²) < 4.78 is 0.663. The van der Waals surface area contributed by atoms with E-state index in [-0.39, 0.29) is 17.9 Å². The Kier molecular flexibility index (Phi) is 6.22. The van der Waals surface area contributed by atoms with Gasteiger partial charge in [0.25, 0.3) is 0 Å². The lowest BCUT2D eigenvalue weighted by molar-refractivity contribution is -0.893. The van der Waals surface area contributed by atoms with E-state index in [1.807, 2.05) is 27.9 Å². The molecule has 0 aromatic heterocycles. The standard InChI is InChI=1S/C14H26N2O3/c1-11(2)13(19)15-14(3,4)10-16(5,6)9-7-8-12(17)18/h1,7-10H2,2-6H3,(H-,15,17,18,19)/p+1. The zero-order valence-corrected chi connectivity index (χ0v) is 12.7. The molecule has 0 saturated heterocycles. The van der Waals surface area contributed by atoms with Crippen LogP contribution in [-0.2, 0) is 9.59 Å². The van der Waals surface area contributed by atoms with Crippen LogP contribution in [0.15, 0.2) is 12.2 Å². The monoisotopic (exact) mass is 271 g/mol. The van der Waals surface area contributed by atoms with Gasteiger partial charge in [-0.05, 0) is 20.8 Å². The first kappa shape index (κ1) is 17.6. The minimum absolute atomic E-state index is 0.143. The normalized spacial score (nSPS) is 12.1. The number of hydrogen-bond acceptors (Lipinski definition) is 2. The Hall–Kier alpha value is -1.36. The molecule has 5 nitrogen and oxygen atoms in total. The molecule has 0 aromatic rings. The number of carbonyl (C=O) groups excluding carboxylic acids is 1. The third kappa shape index (κ3) is 8.37. The van der Waals surface area contributed by atoms with E-state index in [1.165, 1.54) is 0 Å². The summed E-state index contributed by atoms with van der Waals surface area (Å²) in [6, 6.07) is 0. The van der Waals surface area contributed by atoms with Crippen molar-refractivity contribution in [2.75, 3.05) is 27.2 Å². The highest BCUT2D eigenvalue weighted by atomic mass is 16.4. The van der Waals surface area contributed by atoms with Crippen molar-refractivity contribution in [1.29, 1.82) is 0 Å². The number of carboxylic acid groups (broad SMARTS) is 1. The molecule has 0 atom stereocenters. The average molecular weight is 271 g/mol. The van der Waals surface area contributed by atoms with Gasteiger partial charge in [-0.1, -0.05) is 6.58 Å². The Morgan fingerprint density at radius 3 is 2.26 bits per heavy atom. The van der Waals surface area contributed by atoms with Crippen molar-refractivity contribution in [3.8, 4) is 0 Å². The number of likely N-dealkylation sites (N-methyl/N-ethyl adjacent to an activating group) is 1. The first-order valence-corrected chi connectivity index (χ1v) is 6.47. The fourth-order valence-corrected chi connectivity index (χ4v) is 2.26. The molecule has 0 heterocycles. The summed E-state index contributed by atoms with van der Waals surface area (Å²) in [7, 11) is 4.08. The number of amides is 1. The Morgan fingerprint density at radius 1 is 1.32 bits per heavy atom. The molecule has 0 unspecified atom stereocenters. The van der Waals surface area contributed by atoms with Gasteiger partial charge in [-0.25, -0.2) is 0 Å². The molecule has 0 fully saturated rings. The van der Waals surface area contributed by atoms with Gasteiger partial charge in [-0.15, -0.1) is 0 Å². The summed E-state index contributed by atoms with van der Waals surface area (Å²) in [4.78, 5) is 22.2. The van der Waals surface area contributed by atoms with Crippen LogP contribution in [0.4, 0.5) is 0 Å². The Bertz CT molecular complexity index is 360. The molecule has 19 heavy (non-hydrogen) atoms. The van der Waals surface area contributed by atoms with E-state index in [0.29, 0.717) is 16.5 Å². The SMILES string of the molecule is C=C(C)C(=O)NC(C)(C)C[N+](C)(C)CCCC(=O)O. The molecule has 0 rings (SSSR count). The predicted octanol–water partition coefficient (Wildman–Crippen LogP) is 1.40. The third-order valence-electron chi connectivity index (χ3n) is 2.82. The first-order valence-electron chi connectivity index (χ1n) is 6.47. The van der Waals surface area contributed by atoms with Crippen molar-refractivity contribution < 1.29 is 19.2 Å². The molecule has 110 valence electrons. The second kappa shape index (κ2) is 6.70. The number of quaternary nitrogens is 1. The van der Waals surface area contributed by atoms with Crippen molar-refractivity contribution in [1.82, 2.24) is 5.32 Å². The zero-order valence-electron chi connectivity index (χ0n) is 12.7. The molecule has 0 aliphatic carbocycles. The van der Waals surface area contributed by atoms with Gasteiger partial charge in [0.2, 0.25) is 5.91 Å². The van der Waals surface area contributed by atoms with Crippen LogP contribution in [0.2, 0.25) is 0 Å². The predicted molar refractivity (Wildman–Crippen MR) is 75.7 cm³/mol. The maximum absolute atomic E-state index is 11.7. The van der Waals surface area contributed by atoms with Gasteiger partial charge in [0.05, 0.1) is 32.6 Å². The highest BCUT2D eigenvalue weighted by Crippen LogP contribution is 2.12. The van der Waals surface area contributed by atoms with E-state index in [9.17, 15) is 9.59 Å². The van der Waals surface area contributed by atoms with Crippen molar-refractivity contribution in [3.05, 3.63) is 12.2 Å². The lowest BCUT2D eigenvalue weighted by Crippen LogP contribution is -2.57. The molecule has 0 saturated carbocycles. The quantitative estimate of drug-likeness (QED) is 0.518. The number of carboxylic acids is 1. The second-order valence-electron chi connectivity index (χ2n) is 6.43. The topological polar surface area (TPSA) is 66.4 Å². The molecule has 0 spiro atoms. The number of aliphatic carboxylic acids is 1. The number of carbonyl (C=O) groups is 2. The van der Waals surface area contributed by atoms with Gasteiger partial charge in [0.1, 0.15) is 6.54 Å². The largest absolute Gasteiger partial charge is 0.481 e. The summed E-state index contributed by atoms with van der Waals surface area (Å²) in [5, 5.41) is 11.6. The summed E-state index contributed by atoms with van der Waals surface area (Å²) >= 11 is 0. The molecule has 1 amide bonds. The number of nitrogens with zero attached hydrogens (tertiary/aromatic N) is 1. The summed E-state index contributed by atoms with van der Waals surface area (Å²) in [5.74, 6) is -0.912. The zero-order chi connectivity index (χ0) is 15.3.